The summed E-state index contributed by atoms with van der Waals surface area (Å²) in [4.78, 5) is 14.3. The van der Waals surface area contributed by atoms with Crippen LogP contribution in [0.3, 0.4) is 0 Å². The Bertz CT molecular complexity index is 1040. The lowest BCUT2D eigenvalue weighted by Crippen LogP contribution is -3.15. The van der Waals surface area contributed by atoms with Crippen molar-refractivity contribution in [3.63, 3.8) is 0 Å². The lowest BCUT2D eigenvalue weighted by Gasteiger charge is -2.37. The molecule has 3 unspecified atom stereocenters. The van der Waals surface area contributed by atoms with Gasteiger partial charge in [-0.2, -0.15) is 5.10 Å². The lowest BCUT2D eigenvalue weighted by atomic mass is 9.80. The predicted octanol–water partition coefficient (Wildman–Crippen LogP) is 2.65. The molecule has 2 aromatic carbocycles. The molecule has 32 heavy (non-hydrogen) atoms. The van der Waals surface area contributed by atoms with E-state index in [1.807, 2.05) is 30.3 Å². The van der Waals surface area contributed by atoms with Gasteiger partial charge in [-0.1, -0.05) is 30.3 Å². The number of rotatable bonds is 6. The minimum Gasteiger partial charge on any atom is -0.366 e. The monoisotopic (exact) mass is 440 g/mol. The first-order valence-corrected chi connectivity index (χ1v) is 11.3. The first kappa shape index (κ1) is 21.2. The Kier molecular flexibility index (Phi) is 5.55. The van der Waals surface area contributed by atoms with Crippen LogP contribution in [0.4, 0.5) is 8.78 Å². The predicted molar refractivity (Wildman–Crippen MR) is 116 cm³/mol. The van der Waals surface area contributed by atoms with Gasteiger partial charge < -0.3 is 9.64 Å². The van der Waals surface area contributed by atoms with E-state index in [1.54, 1.807) is 4.90 Å². The zero-order valence-corrected chi connectivity index (χ0v) is 18.2. The normalized spacial score (nSPS) is 28.9. The van der Waals surface area contributed by atoms with E-state index < -0.39 is 17.2 Å². The number of hydrogen-bond donors (Lipinski definition) is 1. The Labute approximate surface area is 186 Å². The molecular formula is C25H28F2N3O2+. The highest BCUT2D eigenvalue weighted by Gasteiger charge is 2.48. The molecule has 0 aromatic heterocycles. The van der Waals surface area contributed by atoms with Crippen LogP contribution in [0.25, 0.3) is 0 Å². The minimum atomic E-state index is -0.712. The number of morpholine rings is 1. The Balaban J connectivity index is 1.45. The molecule has 0 spiro atoms. The van der Waals surface area contributed by atoms with E-state index in [0.29, 0.717) is 30.7 Å². The van der Waals surface area contributed by atoms with E-state index in [0.717, 1.165) is 50.2 Å². The Hall–Kier alpha value is -2.64. The zero-order valence-electron chi connectivity index (χ0n) is 18.2. The van der Waals surface area contributed by atoms with Gasteiger partial charge in [0, 0.05) is 25.3 Å². The number of carbonyl (C=O) groups is 1. The molecule has 1 amide bonds. The number of nitrogens with zero attached hydrogens (tertiary/aromatic N) is 2. The van der Waals surface area contributed by atoms with Gasteiger partial charge in [-0.05, 0) is 36.6 Å². The topological polar surface area (TPSA) is 46.3 Å². The molecule has 3 aliphatic heterocycles. The summed E-state index contributed by atoms with van der Waals surface area (Å²) in [6.45, 7) is 4.34. The summed E-state index contributed by atoms with van der Waals surface area (Å²) >= 11 is 0. The van der Waals surface area contributed by atoms with Crippen LogP contribution < -0.4 is 4.90 Å². The van der Waals surface area contributed by atoms with Crippen molar-refractivity contribution >= 4 is 11.6 Å². The summed E-state index contributed by atoms with van der Waals surface area (Å²) in [5.74, 6) is -1.26. The standard InChI is InChI=1S/C25H27F2N3O2/c1-17(31)30-25(18-6-3-2-4-7-18,10-5-11-29-15-21-13-20(29)16-32-21)14-24(28-30)22-12-19(26)8-9-23(22)27/h2-4,6-9,12,20-21H,5,10-11,13-16H2,1H3/p+1/t20?,21?,25-/m0/s1. The van der Waals surface area contributed by atoms with Crippen LogP contribution in [0.15, 0.2) is 53.6 Å². The van der Waals surface area contributed by atoms with Gasteiger partial charge in [0.05, 0.1) is 24.4 Å². The van der Waals surface area contributed by atoms with E-state index in [9.17, 15) is 13.6 Å². The zero-order chi connectivity index (χ0) is 22.3. The molecule has 2 bridgehead atoms. The van der Waals surface area contributed by atoms with E-state index in [1.165, 1.54) is 18.0 Å². The summed E-state index contributed by atoms with van der Waals surface area (Å²) in [6.07, 6.45) is 3.45. The molecule has 2 fully saturated rings. The van der Waals surface area contributed by atoms with E-state index in [2.05, 4.69) is 5.10 Å². The number of quaternary nitrogens is 1. The fourth-order valence-electron chi connectivity index (χ4n) is 5.66. The third-order valence-electron chi connectivity index (χ3n) is 7.17. The number of likely N-dealkylation sites (tertiary alicyclic amines) is 1. The highest BCUT2D eigenvalue weighted by Crippen LogP contribution is 2.43. The Morgan fingerprint density at radius 3 is 2.75 bits per heavy atom. The van der Waals surface area contributed by atoms with Crippen molar-refractivity contribution in [1.82, 2.24) is 5.01 Å². The highest BCUT2D eigenvalue weighted by atomic mass is 19.1. The smallest absolute Gasteiger partial charge is 0.240 e. The summed E-state index contributed by atoms with van der Waals surface area (Å²) in [7, 11) is 0. The van der Waals surface area contributed by atoms with Gasteiger partial charge in [-0.3, -0.25) is 4.79 Å². The summed E-state index contributed by atoms with van der Waals surface area (Å²) < 4.78 is 34.2. The number of halogens is 2. The van der Waals surface area contributed by atoms with Crippen molar-refractivity contribution in [2.24, 2.45) is 5.10 Å². The van der Waals surface area contributed by atoms with Crippen molar-refractivity contribution in [2.45, 2.75) is 50.3 Å². The number of carbonyl (C=O) groups excluding carboxylic acids is 1. The molecule has 2 saturated heterocycles. The van der Waals surface area contributed by atoms with E-state index >= 15 is 0 Å². The molecule has 2 aromatic rings. The van der Waals surface area contributed by atoms with Crippen molar-refractivity contribution in [3.8, 4) is 0 Å². The van der Waals surface area contributed by atoms with E-state index in [4.69, 9.17) is 4.74 Å². The molecule has 3 heterocycles. The van der Waals surface area contributed by atoms with Gasteiger partial charge in [0.2, 0.25) is 5.91 Å². The van der Waals surface area contributed by atoms with Crippen molar-refractivity contribution in [1.29, 1.82) is 0 Å². The molecule has 3 aliphatic rings. The second-order valence-electron chi connectivity index (χ2n) is 9.18. The fourth-order valence-corrected chi connectivity index (χ4v) is 5.66. The highest BCUT2D eigenvalue weighted by molar-refractivity contribution is 6.03. The minimum absolute atomic E-state index is 0.119. The Morgan fingerprint density at radius 2 is 2.06 bits per heavy atom. The van der Waals surface area contributed by atoms with Gasteiger partial charge >= 0.3 is 0 Å². The molecule has 0 radical (unpaired) electrons. The number of benzene rings is 2. The summed E-state index contributed by atoms with van der Waals surface area (Å²) in [5.41, 5.74) is 0.776. The largest absolute Gasteiger partial charge is 0.366 e. The molecule has 7 heteroatoms. The number of nitrogens with one attached hydrogen (secondary N) is 1. The summed E-state index contributed by atoms with van der Waals surface area (Å²) in [6, 6.07) is 13.7. The van der Waals surface area contributed by atoms with Gasteiger partial charge in [-0.15, -0.1) is 0 Å². The van der Waals surface area contributed by atoms with Crippen LogP contribution in [0.5, 0.6) is 0 Å². The molecule has 5 rings (SSSR count). The van der Waals surface area contributed by atoms with Crippen LogP contribution in [0.1, 0.15) is 43.7 Å². The number of hydrazone groups is 1. The van der Waals surface area contributed by atoms with Crippen LogP contribution in [-0.4, -0.2) is 48.5 Å². The number of amides is 1. The Morgan fingerprint density at radius 1 is 1.25 bits per heavy atom. The van der Waals surface area contributed by atoms with Gasteiger partial charge in [-0.25, -0.2) is 13.8 Å². The van der Waals surface area contributed by atoms with Crippen molar-refractivity contribution in [3.05, 3.63) is 71.3 Å². The van der Waals surface area contributed by atoms with Crippen LogP contribution in [0.2, 0.25) is 0 Å². The first-order chi connectivity index (χ1) is 15.5. The van der Waals surface area contributed by atoms with Gasteiger partial charge in [0.1, 0.15) is 30.3 Å². The molecule has 4 atom stereocenters. The molecule has 0 saturated carbocycles. The van der Waals surface area contributed by atoms with Crippen LogP contribution in [0, 0.1) is 11.6 Å². The third-order valence-corrected chi connectivity index (χ3v) is 7.17. The van der Waals surface area contributed by atoms with Crippen molar-refractivity contribution in [2.75, 3.05) is 19.7 Å². The third kappa shape index (κ3) is 3.73. The fraction of sp³-hybridized carbons (Fsp3) is 0.440. The molecular weight excluding hydrogens is 412 g/mol. The molecule has 5 nitrogen and oxygen atoms in total. The maximum Gasteiger partial charge on any atom is 0.240 e. The number of ether oxygens (including phenoxy) is 1. The quantitative estimate of drug-likeness (QED) is 0.751. The second kappa shape index (κ2) is 8.37. The maximum atomic E-state index is 14.6. The average Bonchev–Trinajstić information content (AvgIpc) is 3.51. The lowest BCUT2D eigenvalue weighted by molar-refractivity contribution is -0.919. The van der Waals surface area contributed by atoms with Crippen LogP contribution >= 0.6 is 0 Å². The van der Waals surface area contributed by atoms with Gasteiger partial charge in [0.15, 0.2) is 0 Å². The SMILES string of the molecule is CC(=O)N1N=C(c2cc(F)ccc2F)C[C@@]1(CCC[NH+]1CC2CC1CO2)c1ccccc1. The van der Waals surface area contributed by atoms with Gasteiger partial charge in [0.25, 0.3) is 0 Å². The van der Waals surface area contributed by atoms with Crippen molar-refractivity contribution < 1.29 is 23.2 Å². The number of fused-ring (bicyclic) bond motifs is 2. The van der Waals surface area contributed by atoms with E-state index in [-0.39, 0.29) is 11.5 Å². The molecule has 168 valence electrons. The first-order valence-electron chi connectivity index (χ1n) is 11.3. The average molecular weight is 441 g/mol. The summed E-state index contributed by atoms with van der Waals surface area (Å²) in [5, 5.41) is 6.04. The molecule has 1 N–H and O–H groups in total. The molecule has 0 aliphatic carbocycles. The second-order valence-corrected chi connectivity index (χ2v) is 9.18. The van der Waals surface area contributed by atoms with Crippen LogP contribution in [-0.2, 0) is 15.1 Å². The maximum absolute atomic E-state index is 14.6. The number of hydrogen-bond acceptors (Lipinski definition) is 3.